The standard InChI is InChI=1S/C17H21N3O2S/c21-17(16-14-5-1-2-6-15(14)18-19-16)20(12-7-9-23-11-12)10-13-4-3-8-22-13/h1-2,5-6,12-13H,3-4,7-11H2,(H,18,19)/t12-,13+/m1/s1. The number of aromatic amines is 1. The molecule has 1 aromatic heterocycles. The summed E-state index contributed by atoms with van der Waals surface area (Å²) >= 11 is 1.92. The van der Waals surface area contributed by atoms with Crippen LogP contribution in [0.3, 0.4) is 0 Å². The average Bonchev–Trinajstić information content (AvgIpc) is 3.32. The van der Waals surface area contributed by atoms with Crippen molar-refractivity contribution in [3.05, 3.63) is 30.0 Å². The highest BCUT2D eigenvalue weighted by atomic mass is 32.2. The van der Waals surface area contributed by atoms with Crippen molar-refractivity contribution in [2.75, 3.05) is 24.7 Å². The summed E-state index contributed by atoms with van der Waals surface area (Å²) in [5, 5.41) is 8.18. The first-order chi connectivity index (χ1) is 11.3. The fourth-order valence-corrected chi connectivity index (χ4v) is 4.66. The third kappa shape index (κ3) is 2.97. The highest BCUT2D eigenvalue weighted by molar-refractivity contribution is 7.99. The molecule has 1 N–H and O–H groups in total. The molecule has 0 spiro atoms. The zero-order valence-corrected chi connectivity index (χ0v) is 13.8. The molecule has 23 heavy (non-hydrogen) atoms. The molecule has 1 amide bonds. The van der Waals surface area contributed by atoms with E-state index >= 15 is 0 Å². The van der Waals surface area contributed by atoms with Gasteiger partial charge in [-0.3, -0.25) is 9.89 Å². The van der Waals surface area contributed by atoms with Crippen molar-refractivity contribution in [3.63, 3.8) is 0 Å². The SMILES string of the molecule is O=C(c1n[nH]c2ccccc12)N(C[C@@H]1CCCO1)[C@@H]1CCSC1. The molecule has 0 bridgehead atoms. The molecule has 6 heteroatoms. The minimum Gasteiger partial charge on any atom is -0.376 e. The summed E-state index contributed by atoms with van der Waals surface area (Å²) < 4.78 is 5.77. The fraction of sp³-hybridized carbons (Fsp3) is 0.529. The number of hydrogen-bond donors (Lipinski definition) is 1. The van der Waals surface area contributed by atoms with Gasteiger partial charge in [0.15, 0.2) is 5.69 Å². The monoisotopic (exact) mass is 331 g/mol. The highest BCUT2D eigenvalue weighted by Gasteiger charge is 2.32. The van der Waals surface area contributed by atoms with Gasteiger partial charge in [0.2, 0.25) is 0 Å². The number of rotatable bonds is 4. The van der Waals surface area contributed by atoms with Crippen molar-refractivity contribution in [1.29, 1.82) is 0 Å². The summed E-state index contributed by atoms with van der Waals surface area (Å²) in [7, 11) is 0. The quantitative estimate of drug-likeness (QED) is 0.936. The van der Waals surface area contributed by atoms with Crippen LogP contribution in [-0.2, 0) is 4.74 Å². The lowest BCUT2D eigenvalue weighted by Crippen LogP contribution is -2.45. The topological polar surface area (TPSA) is 58.2 Å². The van der Waals surface area contributed by atoms with E-state index in [0.717, 1.165) is 48.3 Å². The molecule has 0 unspecified atom stereocenters. The van der Waals surface area contributed by atoms with Gasteiger partial charge < -0.3 is 9.64 Å². The van der Waals surface area contributed by atoms with Gasteiger partial charge in [0.05, 0.1) is 11.6 Å². The average molecular weight is 331 g/mol. The summed E-state index contributed by atoms with van der Waals surface area (Å²) in [5.41, 5.74) is 1.45. The second-order valence-electron chi connectivity index (χ2n) is 6.23. The molecule has 3 heterocycles. The Labute approximate surface area is 139 Å². The number of aromatic nitrogens is 2. The molecule has 122 valence electrons. The van der Waals surface area contributed by atoms with E-state index in [1.54, 1.807) is 0 Å². The second kappa shape index (κ2) is 6.53. The number of para-hydroxylation sites is 1. The fourth-order valence-electron chi connectivity index (χ4n) is 3.44. The molecular formula is C17H21N3O2S. The predicted octanol–water partition coefficient (Wildman–Crippen LogP) is 2.69. The minimum atomic E-state index is 0.0328. The first-order valence-corrected chi connectivity index (χ1v) is 9.42. The van der Waals surface area contributed by atoms with Crippen LogP contribution in [0, 0.1) is 0 Å². The summed E-state index contributed by atoms with van der Waals surface area (Å²) in [4.78, 5) is 15.2. The van der Waals surface area contributed by atoms with Gasteiger partial charge in [-0.2, -0.15) is 16.9 Å². The van der Waals surface area contributed by atoms with Crippen molar-refractivity contribution in [3.8, 4) is 0 Å². The van der Waals surface area contributed by atoms with Crippen molar-refractivity contribution < 1.29 is 9.53 Å². The molecule has 0 radical (unpaired) electrons. The molecule has 2 aliphatic heterocycles. The number of thioether (sulfide) groups is 1. The van der Waals surface area contributed by atoms with Gasteiger partial charge in [-0.15, -0.1) is 0 Å². The number of carbonyl (C=O) groups is 1. The normalized spacial score (nSPS) is 24.3. The molecular weight excluding hydrogens is 310 g/mol. The third-order valence-electron chi connectivity index (χ3n) is 4.70. The maximum Gasteiger partial charge on any atom is 0.275 e. The van der Waals surface area contributed by atoms with Gasteiger partial charge in [-0.05, 0) is 31.1 Å². The number of ether oxygens (including phenoxy) is 1. The van der Waals surface area contributed by atoms with Crippen LogP contribution in [0.2, 0.25) is 0 Å². The van der Waals surface area contributed by atoms with E-state index in [1.165, 1.54) is 0 Å². The van der Waals surface area contributed by atoms with Crippen molar-refractivity contribution >= 4 is 28.6 Å². The Bertz CT molecular complexity index is 690. The number of fused-ring (bicyclic) bond motifs is 1. The number of nitrogens with zero attached hydrogens (tertiary/aromatic N) is 2. The van der Waals surface area contributed by atoms with Crippen LogP contribution in [-0.4, -0.2) is 57.8 Å². The number of H-pyrrole nitrogens is 1. The second-order valence-corrected chi connectivity index (χ2v) is 7.38. The van der Waals surface area contributed by atoms with Crippen LogP contribution in [0.4, 0.5) is 0 Å². The smallest absolute Gasteiger partial charge is 0.275 e. The maximum absolute atomic E-state index is 13.2. The van der Waals surface area contributed by atoms with Crippen LogP contribution in [0.25, 0.3) is 10.9 Å². The number of hydrogen-bond acceptors (Lipinski definition) is 4. The molecule has 0 aliphatic carbocycles. The Morgan fingerprint density at radius 3 is 3.09 bits per heavy atom. The summed E-state index contributed by atoms with van der Waals surface area (Å²) in [6, 6.07) is 8.11. The summed E-state index contributed by atoms with van der Waals surface area (Å²) in [5.74, 6) is 2.17. The first-order valence-electron chi connectivity index (χ1n) is 8.26. The molecule has 5 nitrogen and oxygen atoms in total. The summed E-state index contributed by atoms with van der Waals surface area (Å²) in [6.45, 7) is 1.50. The van der Waals surface area contributed by atoms with Crippen LogP contribution in [0.5, 0.6) is 0 Å². The zero-order valence-electron chi connectivity index (χ0n) is 13.0. The molecule has 2 atom stereocenters. The van der Waals surface area contributed by atoms with Crippen molar-refractivity contribution in [2.24, 2.45) is 0 Å². The highest BCUT2D eigenvalue weighted by Crippen LogP contribution is 2.27. The van der Waals surface area contributed by atoms with Crippen molar-refractivity contribution in [1.82, 2.24) is 15.1 Å². The maximum atomic E-state index is 13.2. The lowest BCUT2D eigenvalue weighted by Gasteiger charge is -2.30. The number of nitrogens with one attached hydrogen (secondary N) is 1. The van der Waals surface area contributed by atoms with Gasteiger partial charge in [-0.25, -0.2) is 0 Å². The largest absolute Gasteiger partial charge is 0.376 e. The Morgan fingerprint density at radius 2 is 2.30 bits per heavy atom. The van der Waals surface area contributed by atoms with Crippen LogP contribution in [0.1, 0.15) is 29.8 Å². The number of carbonyl (C=O) groups excluding carboxylic acids is 1. The van der Waals surface area contributed by atoms with E-state index < -0.39 is 0 Å². The lowest BCUT2D eigenvalue weighted by atomic mass is 10.1. The molecule has 2 aromatic rings. The molecule has 4 rings (SSSR count). The van der Waals surface area contributed by atoms with Gasteiger partial charge in [-0.1, -0.05) is 18.2 Å². The number of benzene rings is 1. The van der Waals surface area contributed by atoms with E-state index in [4.69, 9.17) is 4.74 Å². The zero-order chi connectivity index (χ0) is 15.6. The molecule has 0 saturated carbocycles. The Kier molecular flexibility index (Phi) is 4.27. The molecule has 1 aromatic carbocycles. The third-order valence-corrected chi connectivity index (χ3v) is 5.85. The first kappa shape index (κ1) is 15.0. The van der Waals surface area contributed by atoms with Gasteiger partial charge in [0.1, 0.15) is 0 Å². The Hall–Kier alpha value is -1.53. The molecule has 2 fully saturated rings. The van der Waals surface area contributed by atoms with E-state index in [9.17, 15) is 4.79 Å². The van der Waals surface area contributed by atoms with E-state index in [1.807, 2.05) is 40.9 Å². The van der Waals surface area contributed by atoms with E-state index in [-0.39, 0.29) is 12.0 Å². The minimum absolute atomic E-state index is 0.0328. The summed E-state index contributed by atoms with van der Waals surface area (Å²) in [6.07, 6.45) is 3.38. The molecule has 2 saturated heterocycles. The lowest BCUT2D eigenvalue weighted by molar-refractivity contribution is 0.0439. The predicted molar refractivity (Wildman–Crippen MR) is 91.8 cm³/mol. The molecule has 2 aliphatic rings. The van der Waals surface area contributed by atoms with Crippen molar-refractivity contribution in [2.45, 2.75) is 31.4 Å². The van der Waals surface area contributed by atoms with Gasteiger partial charge >= 0.3 is 0 Å². The van der Waals surface area contributed by atoms with E-state index in [2.05, 4.69) is 10.2 Å². The van der Waals surface area contributed by atoms with Crippen LogP contribution >= 0.6 is 11.8 Å². The van der Waals surface area contributed by atoms with Gasteiger partial charge in [0.25, 0.3) is 5.91 Å². The van der Waals surface area contributed by atoms with Gasteiger partial charge in [0, 0.05) is 30.3 Å². The van der Waals surface area contributed by atoms with Crippen LogP contribution in [0.15, 0.2) is 24.3 Å². The van der Waals surface area contributed by atoms with E-state index in [0.29, 0.717) is 18.3 Å². The Morgan fingerprint density at radius 1 is 1.39 bits per heavy atom. The Balaban J connectivity index is 1.62. The van der Waals surface area contributed by atoms with Crippen LogP contribution < -0.4 is 0 Å². The number of amides is 1.